The number of guanidine groups is 1. The molecular weight excluding hydrogens is 503 g/mol. The third-order valence-corrected chi connectivity index (χ3v) is 5.44. The van der Waals surface area contributed by atoms with Gasteiger partial charge in [-0.3, -0.25) is 9.79 Å². The van der Waals surface area contributed by atoms with E-state index in [-0.39, 0.29) is 35.6 Å². The Balaban J connectivity index is 0.00000341. The summed E-state index contributed by atoms with van der Waals surface area (Å²) >= 11 is 0. The van der Waals surface area contributed by atoms with Gasteiger partial charge in [-0.25, -0.2) is 0 Å². The molecule has 1 aromatic heterocycles. The van der Waals surface area contributed by atoms with Gasteiger partial charge in [-0.05, 0) is 50.8 Å². The zero-order valence-electron chi connectivity index (χ0n) is 18.8. The van der Waals surface area contributed by atoms with Crippen LogP contribution in [0.5, 0.6) is 0 Å². The van der Waals surface area contributed by atoms with E-state index in [2.05, 4.69) is 49.2 Å². The highest BCUT2D eigenvalue weighted by Gasteiger charge is 2.25. The number of nitrogens with zero attached hydrogens (tertiary/aromatic N) is 3. The number of hydrogen-bond donors (Lipinski definition) is 1. The minimum Gasteiger partial charge on any atom is -0.370 e. The van der Waals surface area contributed by atoms with E-state index in [4.69, 9.17) is 9.73 Å². The van der Waals surface area contributed by atoms with Gasteiger partial charge in [0.25, 0.3) is 0 Å². The Morgan fingerprint density at radius 1 is 1.23 bits per heavy atom. The first-order chi connectivity index (χ1) is 14.6. The normalized spacial score (nSPS) is 16.7. The first-order valence-corrected chi connectivity index (χ1v) is 11.0. The van der Waals surface area contributed by atoms with Crippen molar-refractivity contribution in [1.82, 2.24) is 14.8 Å². The maximum Gasteiger partial charge on any atom is 0.250 e. The van der Waals surface area contributed by atoms with E-state index >= 15 is 0 Å². The second-order valence-corrected chi connectivity index (χ2v) is 7.84. The molecule has 0 amide bonds. The average Bonchev–Trinajstić information content (AvgIpc) is 2.74. The number of aromatic nitrogens is 1. The van der Waals surface area contributed by atoms with Crippen LogP contribution in [0.3, 0.4) is 0 Å². The molecule has 6 nitrogen and oxygen atoms in total. The zero-order chi connectivity index (χ0) is 21.3. The first kappa shape index (κ1) is 25.4. The number of nitrogens with one attached hydrogen (secondary N) is 1. The smallest absolute Gasteiger partial charge is 0.250 e. The van der Waals surface area contributed by atoms with Crippen molar-refractivity contribution in [2.24, 2.45) is 4.99 Å². The number of aryl methyl sites for hydroxylation is 3. The molecule has 0 aliphatic carbocycles. The van der Waals surface area contributed by atoms with Crippen molar-refractivity contribution in [3.8, 4) is 0 Å². The fraction of sp³-hybridized carbons (Fsp3) is 0.500. The van der Waals surface area contributed by atoms with Crippen molar-refractivity contribution in [3.05, 3.63) is 69.6 Å². The highest BCUT2D eigenvalue weighted by Crippen LogP contribution is 2.25. The molecule has 0 saturated carbocycles. The number of hydrogen-bond acceptors (Lipinski definition) is 3. The molecule has 3 rings (SSSR count). The van der Waals surface area contributed by atoms with Crippen LogP contribution in [0.2, 0.25) is 0 Å². The maximum atomic E-state index is 11.8. The van der Waals surface area contributed by atoms with Crippen LogP contribution in [0.15, 0.2) is 52.4 Å². The van der Waals surface area contributed by atoms with Gasteiger partial charge >= 0.3 is 0 Å². The van der Waals surface area contributed by atoms with Crippen molar-refractivity contribution in [2.75, 3.05) is 32.8 Å². The van der Waals surface area contributed by atoms with Gasteiger partial charge in [-0.2, -0.15) is 0 Å². The molecule has 1 unspecified atom stereocenters. The molecule has 0 bridgehead atoms. The summed E-state index contributed by atoms with van der Waals surface area (Å²) in [4.78, 5) is 18.9. The molecule has 1 aliphatic rings. The van der Waals surface area contributed by atoms with Crippen molar-refractivity contribution in [3.63, 3.8) is 0 Å². The minimum atomic E-state index is 0. The Kier molecular flexibility index (Phi) is 10.5. The predicted molar refractivity (Wildman–Crippen MR) is 138 cm³/mol. The van der Waals surface area contributed by atoms with E-state index in [1.54, 1.807) is 16.7 Å². The number of benzene rings is 1. The van der Waals surface area contributed by atoms with Gasteiger partial charge in [0.15, 0.2) is 5.96 Å². The number of unbranched alkanes of at least 4 members (excludes halogenated alkanes) is 1. The van der Waals surface area contributed by atoms with Gasteiger partial charge in [0.2, 0.25) is 5.56 Å². The van der Waals surface area contributed by atoms with Gasteiger partial charge in [0.05, 0.1) is 13.2 Å². The van der Waals surface area contributed by atoms with Crippen molar-refractivity contribution in [1.29, 1.82) is 0 Å². The Morgan fingerprint density at radius 2 is 2.06 bits per heavy atom. The van der Waals surface area contributed by atoms with Crippen molar-refractivity contribution in [2.45, 2.75) is 46.3 Å². The average molecular weight is 538 g/mol. The van der Waals surface area contributed by atoms with Crippen LogP contribution in [-0.4, -0.2) is 48.2 Å². The molecule has 170 valence electrons. The third-order valence-electron chi connectivity index (χ3n) is 5.44. The predicted octanol–water partition coefficient (Wildman–Crippen LogP) is 3.90. The Labute approximate surface area is 202 Å². The monoisotopic (exact) mass is 538 g/mol. The van der Waals surface area contributed by atoms with Gasteiger partial charge < -0.3 is 19.5 Å². The molecule has 31 heavy (non-hydrogen) atoms. The van der Waals surface area contributed by atoms with Crippen LogP contribution in [0.4, 0.5) is 0 Å². The SMILES string of the molecule is CCNC(=NCCCCn1ccccc1=O)N1CCOC(c2ccc(C)cc2C)C1.I. The van der Waals surface area contributed by atoms with Crippen molar-refractivity contribution < 1.29 is 4.74 Å². The largest absolute Gasteiger partial charge is 0.370 e. The quantitative estimate of drug-likeness (QED) is 0.252. The van der Waals surface area contributed by atoms with Crippen LogP contribution in [0, 0.1) is 13.8 Å². The standard InChI is InChI=1S/C24H34N4O2.HI/c1-4-25-24(26-12-6-8-14-27-13-7-5-9-23(27)29)28-15-16-30-22(18-28)21-11-10-19(2)17-20(21)3;/h5,7,9-11,13,17,22H,4,6,8,12,14-16,18H2,1-3H3,(H,25,26);1H. The van der Waals surface area contributed by atoms with E-state index in [0.717, 1.165) is 51.5 Å². The van der Waals surface area contributed by atoms with E-state index in [1.807, 2.05) is 12.3 Å². The molecule has 2 heterocycles. The summed E-state index contributed by atoms with van der Waals surface area (Å²) in [5, 5.41) is 3.43. The van der Waals surface area contributed by atoms with Crippen LogP contribution in [0.1, 0.15) is 42.6 Å². The molecule has 1 aliphatic heterocycles. The summed E-state index contributed by atoms with van der Waals surface area (Å²) in [5.74, 6) is 0.951. The summed E-state index contributed by atoms with van der Waals surface area (Å²) in [6.45, 7) is 11.0. The van der Waals surface area contributed by atoms with Crippen LogP contribution >= 0.6 is 24.0 Å². The summed E-state index contributed by atoms with van der Waals surface area (Å²) in [7, 11) is 0. The number of morpholine rings is 1. The maximum absolute atomic E-state index is 11.8. The highest BCUT2D eigenvalue weighted by molar-refractivity contribution is 14.0. The van der Waals surface area contributed by atoms with E-state index in [9.17, 15) is 4.79 Å². The Morgan fingerprint density at radius 3 is 2.81 bits per heavy atom. The fourth-order valence-corrected chi connectivity index (χ4v) is 3.87. The summed E-state index contributed by atoms with van der Waals surface area (Å²) in [5.41, 5.74) is 3.87. The summed E-state index contributed by atoms with van der Waals surface area (Å²) in [6.07, 6.45) is 3.78. The minimum absolute atomic E-state index is 0. The van der Waals surface area contributed by atoms with Gasteiger partial charge in [0, 0.05) is 38.4 Å². The Hall–Kier alpha value is -1.87. The number of pyridine rings is 1. The molecule has 1 N–H and O–H groups in total. The lowest BCUT2D eigenvalue weighted by molar-refractivity contribution is -0.00833. The third kappa shape index (κ3) is 7.35. The lowest BCUT2D eigenvalue weighted by Gasteiger charge is -2.36. The second-order valence-electron chi connectivity index (χ2n) is 7.84. The fourth-order valence-electron chi connectivity index (χ4n) is 3.87. The number of rotatable bonds is 7. The lowest BCUT2D eigenvalue weighted by atomic mass is 10.00. The highest BCUT2D eigenvalue weighted by atomic mass is 127. The van der Waals surface area contributed by atoms with Crippen LogP contribution in [-0.2, 0) is 11.3 Å². The van der Waals surface area contributed by atoms with E-state index in [1.165, 1.54) is 16.7 Å². The molecule has 0 radical (unpaired) electrons. The van der Waals surface area contributed by atoms with E-state index in [0.29, 0.717) is 6.61 Å². The summed E-state index contributed by atoms with van der Waals surface area (Å²) < 4.78 is 7.85. The Bertz CT molecular complexity index is 912. The molecular formula is C24H35IN4O2. The lowest BCUT2D eigenvalue weighted by Crippen LogP contribution is -2.48. The first-order valence-electron chi connectivity index (χ1n) is 11.0. The van der Waals surface area contributed by atoms with Crippen molar-refractivity contribution >= 4 is 29.9 Å². The molecule has 1 fully saturated rings. The zero-order valence-corrected chi connectivity index (χ0v) is 21.2. The summed E-state index contributed by atoms with van der Waals surface area (Å²) in [6, 6.07) is 11.8. The van der Waals surface area contributed by atoms with Gasteiger partial charge in [0.1, 0.15) is 6.10 Å². The van der Waals surface area contributed by atoms with Crippen LogP contribution in [0.25, 0.3) is 0 Å². The number of ether oxygens (including phenoxy) is 1. The van der Waals surface area contributed by atoms with E-state index < -0.39 is 0 Å². The molecule has 2 aromatic rings. The molecule has 1 saturated heterocycles. The van der Waals surface area contributed by atoms with Gasteiger partial charge in [-0.15, -0.1) is 24.0 Å². The van der Waals surface area contributed by atoms with Crippen LogP contribution < -0.4 is 10.9 Å². The molecule has 7 heteroatoms. The number of halogens is 1. The number of aliphatic imine (C=N–C) groups is 1. The molecule has 1 atom stereocenters. The molecule has 0 spiro atoms. The second kappa shape index (κ2) is 12.9. The topological polar surface area (TPSA) is 58.9 Å². The van der Waals surface area contributed by atoms with Gasteiger partial charge in [-0.1, -0.05) is 29.8 Å². The molecule has 1 aromatic carbocycles.